The largest absolute Gasteiger partial charge is 0.455 e. The number of nitrogens with one attached hydrogen (secondary N) is 1. The average Bonchev–Trinajstić information content (AvgIpc) is 3.19. The molecule has 0 aromatic heterocycles. The minimum atomic E-state index is -1.16. The van der Waals surface area contributed by atoms with Crippen LogP contribution in [0.3, 0.4) is 0 Å². The molecule has 1 aliphatic carbocycles. The highest BCUT2D eigenvalue weighted by molar-refractivity contribution is 6.53. The summed E-state index contributed by atoms with van der Waals surface area (Å²) >= 11 is 11.9. The second-order valence-corrected chi connectivity index (χ2v) is 8.06. The van der Waals surface area contributed by atoms with E-state index in [1.165, 1.54) is 0 Å². The number of amides is 1. The minimum Gasteiger partial charge on any atom is -0.455 e. The van der Waals surface area contributed by atoms with Gasteiger partial charge in [-0.3, -0.25) is 14.4 Å². The van der Waals surface area contributed by atoms with E-state index in [9.17, 15) is 14.4 Å². The lowest BCUT2D eigenvalue weighted by Crippen LogP contribution is -2.27. The van der Waals surface area contributed by atoms with Crippen molar-refractivity contribution in [1.29, 1.82) is 0 Å². The zero-order chi connectivity index (χ0) is 19.7. The number of hydrogen-bond donors (Lipinski definition) is 1. The van der Waals surface area contributed by atoms with Crippen LogP contribution >= 0.6 is 23.2 Å². The Kier molecular flexibility index (Phi) is 5.27. The van der Waals surface area contributed by atoms with Crippen molar-refractivity contribution in [2.45, 2.75) is 17.7 Å². The van der Waals surface area contributed by atoms with Crippen LogP contribution in [0.1, 0.15) is 29.3 Å². The van der Waals surface area contributed by atoms with Crippen molar-refractivity contribution >= 4 is 46.5 Å². The molecule has 1 aliphatic rings. The quantitative estimate of drug-likeness (QED) is 0.448. The molecular weight excluding hydrogens is 389 g/mol. The van der Waals surface area contributed by atoms with E-state index in [1.807, 2.05) is 6.07 Å². The first kappa shape index (κ1) is 19.4. The van der Waals surface area contributed by atoms with E-state index < -0.39 is 28.2 Å². The summed E-state index contributed by atoms with van der Waals surface area (Å²) in [5, 5.41) is 2.61. The van der Waals surface area contributed by atoms with Gasteiger partial charge in [0.15, 0.2) is 12.4 Å². The van der Waals surface area contributed by atoms with Crippen molar-refractivity contribution in [2.75, 3.05) is 11.9 Å². The number of ether oxygens (including phenoxy) is 1. The number of hydrogen-bond acceptors (Lipinski definition) is 4. The number of benzene rings is 2. The fraction of sp³-hybridized carbons (Fsp3) is 0.250. The van der Waals surface area contributed by atoms with Crippen LogP contribution in [0.4, 0.5) is 5.69 Å². The van der Waals surface area contributed by atoms with Crippen LogP contribution in [0.15, 0.2) is 54.6 Å². The lowest BCUT2D eigenvalue weighted by Gasteiger charge is -2.13. The Hall–Kier alpha value is -2.37. The molecule has 0 aliphatic heterocycles. The maximum Gasteiger partial charge on any atom is 0.315 e. The molecule has 1 atom stereocenters. The van der Waals surface area contributed by atoms with Crippen molar-refractivity contribution in [3.8, 4) is 0 Å². The van der Waals surface area contributed by atoms with Crippen molar-refractivity contribution < 1.29 is 19.1 Å². The van der Waals surface area contributed by atoms with Gasteiger partial charge < -0.3 is 10.1 Å². The number of halogens is 2. The van der Waals surface area contributed by atoms with E-state index in [-0.39, 0.29) is 12.2 Å². The van der Waals surface area contributed by atoms with Gasteiger partial charge in [-0.25, -0.2) is 0 Å². The first-order valence-corrected chi connectivity index (χ1v) is 9.04. The Labute approximate surface area is 166 Å². The summed E-state index contributed by atoms with van der Waals surface area (Å²) in [6.07, 6.45) is 0.276. The first-order valence-electron chi connectivity index (χ1n) is 8.28. The number of para-hydroxylation sites is 1. The molecule has 2 aromatic rings. The minimum absolute atomic E-state index is 0.219. The van der Waals surface area contributed by atoms with Crippen molar-refractivity contribution in [3.63, 3.8) is 0 Å². The predicted molar refractivity (Wildman–Crippen MR) is 103 cm³/mol. The Balaban J connectivity index is 1.65. The van der Waals surface area contributed by atoms with E-state index in [0.717, 1.165) is 0 Å². The fourth-order valence-electron chi connectivity index (χ4n) is 2.63. The molecule has 0 saturated heterocycles. The molecule has 140 valence electrons. The lowest BCUT2D eigenvalue weighted by molar-refractivity contribution is -0.152. The van der Waals surface area contributed by atoms with E-state index in [0.29, 0.717) is 16.8 Å². The number of carbonyl (C=O) groups excluding carboxylic acids is 3. The third-order valence-electron chi connectivity index (χ3n) is 4.52. The first-order chi connectivity index (χ1) is 12.7. The highest BCUT2D eigenvalue weighted by atomic mass is 35.5. The summed E-state index contributed by atoms with van der Waals surface area (Å²) in [5.41, 5.74) is 0.192. The second kappa shape index (κ2) is 7.33. The molecule has 2 aromatic carbocycles. The van der Waals surface area contributed by atoms with Gasteiger partial charge in [0.05, 0.1) is 5.69 Å². The molecule has 0 radical (unpaired) electrons. The number of carbonyl (C=O) groups is 3. The highest BCUT2D eigenvalue weighted by Crippen LogP contribution is 2.64. The standard InChI is InChI=1S/C20H17Cl2NO4/c1-19(12-20(19,21)22)18(26)27-11-16(24)23-15-10-6-5-9-14(15)17(25)13-7-3-2-4-8-13/h2-10H,11-12H2,1H3,(H,23,24)/t19-/m1/s1. The van der Waals surface area contributed by atoms with Gasteiger partial charge in [0.25, 0.3) is 5.91 Å². The van der Waals surface area contributed by atoms with Gasteiger partial charge >= 0.3 is 5.97 Å². The molecular formula is C20H17Cl2NO4. The number of rotatable bonds is 6. The normalized spacial score (nSPS) is 19.8. The van der Waals surface area contributed by atoms with Crippen molar-refractivity contribution in [3.05, 3.63) is 65.7 Å². The van der Waals surface area contributed by atoms with Gasteiger partial charge in [-0.1, -0.05) is 42.5 Å². The summed E-state index contributed by atoms with van der Waals surface area (Å²) in [6.45, 7) is 1.09. The monoisotopic (exact) mass is 405 g/mol. The number of ketones is 1. The number of alkyl halides is 2. The molecule has 1 saturated carbocycles. The summed E-state index contributed by atoms with van der Waals surface area (Å²) < 4.78 is 3.86. The molecule has 3 rings (SSSR count). The summed E-state index contributed by atoms with van der Waals surface area (Å²) in [6, 6.07) is 15.4. The number of esters is 1. The van der Waals surface area contributed by atoms with Crippen LogP contribution in [0, 0.1) is 5.41 Å². The maximum atomic E-state index is 12.7. The van der Waals surface area contributed by atoms with Crippen LogP contribution in [0.25, 0.3) is 0 Å². The second-order valence-electron chi connectivity index (χ2n) is 6.58. The molecule has 0 bridgehead atoms. The predicted octanol–water partition coefficient (Wildman–Crippen LogP) is 3.98. The molecule has 0 unspecified atom stereocenters. The smallest absolute Gasteiger partial charge is 0.315 e. The van der Waals surface area contributed by atoms with Gasteiger partial charge in [0.1, 0.15) is 9.75 Å². The zero-order valence-corrected chi connectivity index (χ0v) is 16.0. The highest BCUT2D eigenvalue weighted by Gasteiger charge is 2.69. The molecule has 5 nitrogen and oxygen atoms in total. The van der Waals surface area contributed by atoms with Gasteiger partial charge in [-0.15, -0.1) is 23.2 Å². The maximum absolute atomic E-state index is 12.7. The molecule has 1 amide bonds. The summed E-state index contributed by atoms with van der Waals surface area (Å²) in [4.78, 5) is 36.9. The Morgan fingerprint density at radius 3 is 2.26 bits per heavy atom. The van der Waals surface area contributed by atoms with Crippen molar-refractivity contribution in [1.82, 2.24) is 0 Å². The fourth-order valence-corrected chi connectivity index (χ4v) is 3.32. The van der Waals surface area contributed by atoms with Gasteiger partial charge in [-0.2, -0.15) is 0 Å². The van der Waals surface area contributed by atoms with E-state index in [4.69, 9.17) is 27.9 Å². The Bertz CT molecular complexity index is 898. The average molecular weight is 406 g/mol. The number of anilines is 1. The third-order valence-corrected chi connectivity index (χ3v) is 5.63. The molecule has 0 heterocycles. The third kappa shape index (κ3) is 3.99. The Morgan fingerprint density at radius 2 is 1.63 bits per heavy atom. The van der Waals surface area contributed by atoms with Crippen LogP contribution < -0.4 is 5.32 Å². The van der Waals surface area contributed by atoms with Crippen LogP contribution in [-0.4, -0.2) is 28.6 Å². The van der Waals surface area contributed by atoms with E-state index in [1.54, 1.807) is 55.5 Å². The van der Waals surface area contributed by atoms with Crippen LogP contribution in [0.2, 0.25) is 0 Å². The summed E-state index contributed by atoms with van der Waals surface area (Å²) in [5.74, 6) is -1.41. The lowest BCUT2D eigenvalue weighted by atomic mass is 10.0. The molecule has 0 spiro atoms. The molecule has 27 heavy (non-hydrogen) atoms. The van der Waals surface area contributed by atoms with E-state index >= 15 is 0 Å². The van der Waals surface area contributed by atoms with Crippen molar-refractivity contribution in [2.24, 2.45) is 5.41 Å². The molecule has 1 N–H and O–H groups in total. The molecule has 1 fully saturated rings. The Morgan fingerprint density at radius 1 is 1.04 bits per heavy atom. The van der Waals surface area contributed by atoms with Crippen LogP contribution in [0.5, 0.6) is 0 Å². The van der Waals surface area contributed by atoms with Gasteiger partial charge in [0.2, 0.25) is 0 Å². The van der Waals surface area contributed by atoms with Gasteiger partial charge in [0, 0.05) is 17.5 Å². The van der Waals surface area contributed by atoms with Gasteiger partial charge in [-0.05, 0) is 19.1 Å². The SMILES string of the molecule is C[C@]1(C(=O)OCC(=O)Nc2ccccc2C(=O)c2ccccc2)CC1(Cl)Cl. The van der Waals surface area contributed by atoms with E-state index in [2.05, 4.69) is 5.32 Å². The zero-order valence-electron chi connectivity index (χ0n) is 14.5. The topological polar surface area (TPSA) is 72.5 Å². The van der Waals surface area contributed by atoms with Crippen LogP contribution in [-0.2, 0) is 14.3 Å². The molecule has 7 heteroatoms. The summed E-state index contributed by atoms with van der Waals surface area (Å²) in [7, 11) is 0.